The largest absolute Gasteiger partial charge is 0.389 e. The van der Waals surface area contributed by atoms with E-state index in [9.17, 15) is 22.7 Å². The molecular formula is C22H29FN4O6S. The van der Waals surface area contributed by atoms with Crippen molar-refractivity contribution in [3.63, 3.8) is 0 Å². The van der Waals surface area contributed by atoms with Gasteiger partial charge in [0.25, 0.3) is 10.0 Å². The van der Waals surface area contributed by atoms with Gasteiger partial charge in [0.05, 0.1) is 50.3 Å². The first-order chi connectivity index (χ1) is 16.2. The number of aryl methyl sites for hydroxylation is 1. The molecular weight excluding hydrogens is 467 g/mol. The van der Waals surface area contributed by atoms with Crippen LogP contribution in [0.1, 0.15) is 24.8 Å². The highest BCUT2D eigenvalue weighted by Gasteiger charge is 2.43. The van der Waals surface area contributed by atoms with E-state index in [0.29, 0.717) is 12.8 Å². The van der Waals surface area contributed by atoms with Crippen molar-refractivity contribution in [1.29, 1.82) is 0 Å². The molecule has 0 aliphatic carbocycles. The molecule has 10 nitrogen and oxygen atoms in total. The molecule has 2 fully saturated rings. The van der Waals surface area contributed by atoms with E-state index in [0.717, 1.165) is 5.56 Å². The zero-order valence-corrected chi connectivity index (χ0v) is 19.7. The number of benzene rings is 1. The van der Waals surface area contributed by atoms with Crippen LogP contribution in [0.2, 0.25) is 0 Å². The molecule has 2 aliphatic heterocycles. The van der Waals surface area contributed by atoms with Crippen LogP contribution in [0.25, 0.3) is 0 Å². The van der Waals surface area contributed by atoms with Crippen molar-refractivity contribution in [2.24, 2.45) is 7.05 Å². The van der Waals surface area contributed by atoms with E-state index in [-0.39, 0.29) is 49.5 Å². The Balaban J connectivity index is 1.41. The average Bonchev–Trinajstić information content (AvgIpc) is 3.23. The second-order valence-electron chi connectivity index (χ2n) is 8.69. The number of sulfonamides is 1. The predicted molar refractivity (Wildman–Crippen MR) is 118 cm³/mol. The number of nitrogens with zero attached hydrogens (tertiary/aromatic N) is 3. The zero-order chi connectivity index (χ0) is 24.3. The summed E-state index contributed by atoms with van der Waals surface area (Å²) in [5, 5.41) is 13.0. The second-order valence-corrected chi connectivity index (χ2v) is 10.5. The maximum atomic E-state index is 13.3. The van der Waals surface area contributed by atoms with Crippen LogP contribution in [0.15, 0.2) is 41.8 Å². The van der Waals surface area contributed by atoms with Gasteiger partial charge in [0.1, 0.15) is 5.82 Å². The number of imidazole rings is 1. The lowest BCUT2D eigenvalue weighted by Gasteiger charge is -2.43. The summed E-state index contributed by atoms with van der Waals surface area (Å²) in [7, 11) is -2.29. The summed E-state index contributed by atoms with van der Waals surface area (Å²) in [6.45, 7) is 0.217. The number of halogens is 1. The minimum Gasteiger partial charge on any atom is -0.389 e. The minimum atomic E-state index is -3.97. The summed E-state index contributed by atoms with van der Waals surface area (Å²) < 4.78 is 54.1. The Bertz CT molecular complexity index is 1090. The molecule has 0 saturated carbocycles. The number of ether oxygens (including phenoxy) is 2. The average molecular weight is 497 g/mol. The first-order valence-electron chi connectivity index (χ1n) is 11.1. The molecule has 1 aromatic carbocycles. The fraction of sp³-hybridized carbons (Fsp3) is 0.545. The van der Waals surface area contributed by atoms with Gasteiger partial charge in [-0.15, -0.1) is 0 Å². The third-order valence-electron chi connectivity index (χ3n) is 6.00. The number of aliphatic hydroxyl groups is 1. The number of amides is 1. The van der Waals surface area contributed by atoms with Crippen molar-refractivity contribution < 1.29 is 32.2 Å². The van der Waals surface area contributed by atoms with Crippen LogP contribution in [-0.2, 0) is 37.9 Å². The van der Waals surface area contributed by atoms with Crippen molar-refractivity contribution in [3.8, 4) is 0 Å². The van der Waals surface area contributed by atoms with E-state index in [2.05, 4.69) is 10.3 Å². The van der Waals surface area contributed by atoms with Crippen LogP contribution < -0.4 is 5.32 Å². The predicted octanol–water partition coefficient (Wildman–Crippen LogP) is 0.564. The lowest BCUT2D eigenvalue weighted by Crippen LogP contribution is -2.57. The molecule has 2 aromatic rings. The molecule has 1 aromatic heterocycles. The maximum absolute atomic E-state index is 13.3. The highest BCUT2D eigenvalue weighted by molar-refractivity contribution is 7.89. The molecule has 2 saturated heterocycles. The van der Waals surface area contributed by atoms with Crippen molar-refractivity contribution in [1.82, 2.24) is 19.2 Å². The number of hydrogen-bond donors (Lipinski definition) is 2. The van der Waals surface area contributed by atoms with Gasteiger partial charge in [0.15, 0.2) is 5.03 Å². The Kier molecular flexibility index (Phi) is 7.63. The van der Waals surface area contributed by atoms with Crippen molar-refractivity contribution >= 4 is 15.9 Å². The minimum absolute atomic E-state index is 0.0242. The lowest BCUT2D eigenvalue weighted by atomic mass is 9.96. The highest BCUT2D eigenvalue weighted by atomic mass is 32.2. The first kappa shape index (κ1) is 24.7. The summed E-state index contributed by atoms with van der Waals surface area (Å²) >= 11 is 0. The van der Waals surface area contributed by atoms with Crippen LogP contribution in [0.5, 0.6) is 0 Å². The van der Waals surface area contributed by atoms with Gasteiger partial charge in [-0.2, -0.15) is 4.31 Å². The van der Waals surface area contributed by atoms with Gasteiger partial charge in [-0.05, 0) is 30.5 Å². The van der Waals surface area contributed by atoms with Crippen LogP contribution in [0, 0.1) is 5.82 Å². The number of aromatic nitrogens is 2. The number of β-amino-alcohol motifs (C(OH)–C–C–N with tert-alkyl or cyclic N) is 1. The van der Waals surface area contributed by atoms with Crippen molar-refractivity contribution in [3.05, 3.63) is 48.2 Å². The van der Waals surface area contributed by atoms with E-state index >= 15 is 0 Å². The summed E-state index contributed by atoms with van der Waals surface area (Å²) in [5.41, 5.74) is 0.779. The van der Waals surface area contributed by atoms with Crippen LogP contribution in [0.3, 0.4) is 0 Å². The molecule has 0 bridgehead atoms. The second kappa shape index (κ2) is 10.5. The highest BCUT2D eigenvalue weighted by Crippen LogP contribution is 2.31. The van der Waals surface area contributed by atoms with E-state index < -0.39 is 34.4 Å². The summed E-state index contributed by atoms with van der Waals surface area (Å²) in [4.78, 5) is 16.4. The van der Waals surface area contributed by atoms with E-state index in [1.54, 1.807) is 23.7 Å². The maximum Gasteiger partial charge on any atom is 0.262 e. The Labute approximate surface area is 197 Å². The Morgan fingerprint density at radius 1 is 1.26 bits per heavy atom. The summed E-state index contributed by atoms with van der Waals surface area (Å²) in [6, 6.07) is 5.33. The number of hydrogen-bond acceptors (Lipinski definition) is 7. The first-order valence-corrected chi connectivity index (χ1v) is 12.6. The Morgan fingerprint density at radius 3 is 2.74 bits per heavy atom. The van der Waals surface area contributed by atoms with Crippen molar-refractivity contribution in [2.45, 2.75) is 55.2 Å². The number of rotatable bonds is 6. The molecule has 2 aliphatic rings. The van der Waals surface area contributed by atoms with Gasteiger partial charge in [0, 0.05) is 26.3 Å². The normalized spacial score (nSPS) is 26.3. The molecule has 0 radical (unpaired) electrons. The van der Waals surface area contributed by atoms with Gasteiger partial charge in [0.2, 0.25) is 5.91 Å². The monoisotopic (exact) mass is 496 g/mol. The smallest absolute Gasteiger partial charge is 0.262 e. The molecule has 0 unspecified atom stereocenters. The van der Waals surface area contributed by atoms with Crippen LogP contribution in [0.4, 0.5) is 4.39 Å². The summed E-state index contributed by atoms with van der Waals surface area (Å²) in [6.07, 6.45) is 1.89. The Morgan fingerprint density at radius 2 is 2.03 bits per heavy atom. The number of fused-ring (bicyclic) bond motifs is 1. The van der Waals surface area contributed by atoms with Crippen LogP contribution in [-0.4, -0.2) is 77.4 Å². The quantitative estimate of drug-likeness (QED) is 0.599. The molecule has 186 valence electrons. The van der Waals surface area contributed by atoms with Crippen molar-refractivity contribution in [2.75, 3.05) is 19.8 Å². The SMILES string of the molecule is Cn1cnc(S(=O)(=O)N2C[C@@H](O)COC[C@H]3O[C@@H](CC(=O)NCc4ccc(F)cc4)CC[C@@H]32)c1. The third kappa shape index (κ3) is 5.81. The molecule has 1 amide bonds. The molecule has 3 heterocycles. The van der Waals surface area contributed by atoms with E-state index in [1.165, 1.54) is 29.0 Å². The number of nitrogens with one attached hydrogen (secondary N) is 1. The third-order valence-corrected chi connectivity index (χ3v) is 7.78. The van der Waals surface area contributed by atoms with Gasteiger partial charge in [-0.3, -0.25) is 4.79 Å². The van der Waals surface area contributed by atoms with E-state index in [4.69, 9.17) is 9.47 Å². The molecule has 2 N–H and O–H groups in total. The fourth-order valence-corrected chi connectivity index (χ4v) is 5.98. The van der Waals surface area contributed by atoms with E-state index in [1.807, 2.05) is 0 Å². The van der Waals surface area contributed by atoms with Crippen LogP contribution >= 0.6 is 0 Å². The fourth-order valence-electron chi connectivity index (χ4n) is 4.29. The molecule has 12 heteroatoms. The topological polar surface area (TPSA) is 123 Å². The number of aliphatic hydroxyl groups excluding tert-OH is 1. The molecule has 34 heavy (non-hydrogen) atoms. The van der Waals surface area contributed by atoms with Gasteiger partial charge in [-0.1, -0.05) is 12.1 Å². The van der Waals surface area contributed by atoms with Gasteiger partial charge >= 0.3 is 0 Å². The molecule has 0 spiro atoms. The number of carbonyl (C=O) groups is 1. The van der Waals surface area contributed by atoms with Gasteiger partial charge in [-0.25, -0.2) is 17.8 Å². The Hall–Kier alpha value is -2.38. The summed E-state index contributed by atoms with van der Waals surface area (Å²) in [5.74, 6) is -0.554. The lowest BCUT2D eigenvalue weighted by molar-refractivity contribution is -0.146. The standard InChI is InChI=1S/C22H29FN4O6S/c1-26-11-22(25-14-26)34(30,31)27-10-17(28)12-32-13-20-19(27)7-6-18(33-20)8-21(29)24-9-15-2-4-16(23)5-3-15/h2-5,11,14,17-20,28H,6-10,12-13H2,1H3,(H,24,29)/t17-,18-,19+,20-/m1/s1. The molecule has 4 rings (SSSR count). The molecule has 4 atom stereocenters. The number of carbonyl (C=O) groups excluding carboxylic acids is 1. The zero-order valence-electron chi connectivity index (χ0n) is 18.8. The van der Waals surface area contributed by atoms with Gasteiger partial charge < -0.3 is 24.5 Å².